The lowest BCUT2D eigenvalue weighted by molar-refractivity contribution is 0.0385. The molecule has 0 aliphatic carbocycles. The summed E-state index contributed by atoms with van der Waals surface area (Å²) in [5.74, 6) is 1.05. The molecule has 4 rings (SSSR count). The summed E-state index contributed by atoms with van der Waals surface area (Å²) in [6.07, 6.45) is 5.02. The standard InChI is InChI=1S/C22H30N2O3/c1-3-26-22(25)24-13-9-20(16(2)15-24)23-11-7-17(8-12-23)19-6-4-5-18-10-14-27-21(18)19/h4-6,10,14,16-17,20H,3,7-9,11-13,15H2,1-2H3/t16-,20+/m1/s1. The number of likely N-dealkylation sites (tertiary alicyclic amines) is 2. The molecule has 2 atom stereocenters. The maximum absolute atomic E-state index is 12.0. The first-order chi connectivity index (χ1) is 13.2. The van der Waals surface area contributed by atoms with Crippen LogP contribution in [-0.2, 0) is 4.74 Å². The molecule has 3 heterocycles. The Balaban J connectivity index is 1.36. The van der Waals surface area contributed by atoms with Crippen LogP contribution >= 0.6 is 0 Å². The summed E-state index contributed by atoms with van der Waals surface area (Å²) in [5.41, 5.74) is 2.43. The van der Waals surface area contributed by atoms with Gasteiger partial charge in [0, 0.05) is 24.5 Å². The maximum atomic E-state index is 12.0. The molecule has 2 fully saturated rings. The molecule has 0 spiro atoms. The molecule has 2 aliphatic rings. The SMILES string of the molecule is CCOC(=O)N1CC[C@H](N2CCC(c3cccc4ccoc34)CC2)[C@H](C)C1. The van der Waals surface area contributed by atoms with Gasteiger partial charge < -0.3 is 14.1 Å². The minimum absolute atomic E-state index is 0.159. The molecule has 0 unspecified atom stereocenters. The molecule has 5 nitrogen and oxygen atoms in total. The van der Waals surface area contributed by atoms with Crippen LogP contribution in [0.5, 0.6) is 0 Å². The molecule has 5 heteroatoms. The zero-order chi connectivity index (χ0) is 18.8. The van der Waals surface area contributed by atoms with Crippen LogP contribution in [0.4, 0.5) is 4.79 Å². The van der Waals surface area contributed by atoms with Crippen molar-refractivity contribution >= 4 is 17.1 Å². The predicted octanol–water partition coefficient (Wildman–Crippen LogP) is 4.48. The van der Waals surface area contributed by atoms with Gasteiger partial charge in [0.25, 0.3) is 0 Å². The van der Waals surface area contributed by atoms with Gasteiger partial charge in [-0.05, 0) is 62.7 Å². The molecular weight excluding hydrogens is 340 g/mol. The van der Waals surface area contributed by atoms with Gasteiger partial charge in [-0.3, -0.25) is 4.90 Å². The van der Waals surface area contributed by atoms with Crippen molar-refractivity contribution in [1.29, 1.82) is 0 Å². The number of rotatable bonds is 3. The van der Waals surface area contributed by atoms with Crippen molar-refractivity contribution in [3.63, 3.8) is 0 Å². The molecule has 27 heavy (non-hydrogen) atoms. The van der Waals surface area contributed by atoms with Crippen LogP contribution in [-0.4, -0.2) is 54.7 Å². The zero-order valence-corrected chi connectivity index (χ0v) is 16.4. The Morgan fingerprint density at radius 2 is 2.00 bits per heavy atom. The monoisotopic (exact) mass is 370 g/mol. The summed E-state index contributed by atoms with van der Waals surface area (Å²) >= 11 is 0. The number of para-hydroxylation sites is 1. The van der Waals surface area contributed by atoms with E-state index >= 15 is 0 Å². The van der Waals surface area contributed by atoms with Crippen molar-refractivity contribution in [3.05, 3.63) is 36.1 Å². The molecule has 1 amide bonds. The molecule has 146 valence electrons. The lowest BCUT2D eigenvalue weighted by atomic mass is 9.85. The number of benzene rings is 1. The number of nitrogens with zero attached hydrogens (tertiary/aromatic N) is 2. The van der Waals surface area contributed by atoms with Crippen LogP contribution in [0.3, 0.4) is 0 Å². The zero-order valence-electron chi connectivity index (χ0n) is 16.4. The molecule has 2 saturated heterocycles. The van der Waals surface area contributed by atoms with Crippen LogP contribution in [0.25, 0.3) is 11.0 Å². The van der Waals surface area contributed by atoms with Crippen molar-refractivity contribution in [1.82, 2.24) is 9.80 Å². The average molecular weight is 370 g/mol. The average Bonchev–Trinajstić information content (AvgIpc) is 3.17. The number of ether oxygens (including phenoxy) is 1. The second-order valence-electron chi connectivity index (χ2n) is 7.97. The van der Waals surface area contributed by atoms with Gasteiger partial charge in [-0.25, -0.2) is 4.79 Å². The third-order valence-electron chi connectivity index (χ3n) is 6.33. The van der Waals surface area contributed by atoms with E-state index in [1.54, 1.807) is 6.26 Å². The van der Waals surface area contributed by atoms with Crippen molar-refractivity contribution in [2.45, 2.75) is 45.1 Å². The van der Waals surface area contributed by atoms with Gasteiger partial charge in [0.15, 0.2) is 0 Å². The number of fused-ring (bicyclic) bond motifs is 1. The molecule has 0 saturated carbocycles. The topological polar surface area (TPSA) is 45.9 Å². The smallest absolute Gasteiger partial charge is 0.409 e. The lowest BCUT2D eigenvalue weighted by Gasteiger charge is -2.45. The molecule has 1 aromatic heterocycles. The minimum Gasteiger partial charge on any atom is -0.464 e. The molecule has 2 aliphatic heterocycles. The van der Waals surface area contributed by atoms with Gasteiger partial charge in [0.2, 0.25) is 0 Å². The van der Waals surface area contributed by atoms with Gasteiger partial charge in [-0.1, -0.05) is 25.1 Å². The summed E-state index contributed by atoms with van der Waals surface area (Å²) in [6.45, 7) is 8.43. The molecule has 0 bridgehead atoms. The number of hydrogen-bond acceptors (Lipinski definition) is 4. The van der Waals surface area contributed by atoms with Crippen LogP contribution < -0.4 is 0 Å². The summed E-state index contributed by atoms with van der Waals surface area (Å²) in [6, 6.07) is 9.11. The Bertz CT molecular complexity index is 779. The number of carbonyl (C=O) groups excluding carboxylic acids is 1. The normalized spacial score (nSPS) is 25.0. The highest BCUT2D eigenvalue weighted by atomic mass is 16.6. The molecule has 0 N–H and O–H groups in total. The second-order valence-corrected chi connectivity index (χ2v) is 7.97. The first kappa shape index (κ1) is 18.4. The number of carbonyl (C=O) groups is 1. The maximum Gasteiger partial charge on any atom is 0.409 e. The van der Waals surface area contributed by atoms with E-state index in [0.29, 0.717) is 24.5 Å². The second kappa shape index (κ2) is 7.93. The van der Waals surface area contributed by atoms with E-state index in [0.717, 1.165) is 38.2 Å². The van der Waals surface area contributed by atoms with E-state index in [1.807, 2.05) is 17.9 Å². The first-order valence-corrected chi connectivity index (χ1v) is 10.3. The Kier molecular flexibility index (Phi) is 5.39. The minimum atomic E-state index is -0.159. The van der Waals surface area contributed by atoms with Crippen molar-refractivity contribution in [2.75, 3.05) is 32.8 Å². The van der Waals surface area contributed by atoms with Crippen LogP contribution in [0.15, 0.2) is 34.9 Å². The number of piperidine rings is 2. The van der Waals surface area contributed by atoms with Gasteiger partial charge in [-0.2, -0.15) is 0 Å². The van der Waals surface area contributed by atoms with E-state index < -0.39 is 0 Å². The Morgan fingerprint density at radius 3 is 2.74 bits per heavy atom. The van der Waals surface area contributed by atoms with E-state index in [4.69, 9.17) is 9.15 Å². The van der Waals surface area contributed by atoms with Crippen LogP contribution in [0, 0.1) is 5.92 Å². The summed E-state index contributed by atoms with van der Waals surface area (Å²) in [4.78, 5) is 16.5. The van der Waals surface area contributed by atoms with Crippen LogP contribution in [0.1, 0.15) is 44.6 Å². The first-order valence-electron chi connectivity index (χ1n) is 10.3. The van der Waals surface area contributed by atoms with E-state index in [-0.39, 0.29) is 6.09 Å². The summed E-state index contributed by atoms with van der Waals surface area (Å²) in [5, 5.41) is 1.20. The third kappa shape index (κ3) is 3.70. The molecule has 1 aromatic carbocycles. The molecular formula is C22H30N2O3. The third-order valence-corrected chi connectivity index (χ3v) is 6.33. The van der Waals surface area contributed by atoms with Crippen molar-refractivity contribution < 1.29 is 13.9 Å². The predicted molar refractivity (Wildman–Crippen MR) is 106 cm³/mol. The Morgan fingerprint density at radius 1 is 1.19 bits per heavy atom. The lowest BCUT2D eigenvalue weighted by Crippen LogP contribution is -2.53. The van der Waals surface area contributed by atoms with Gasteiger partial charge in [-0.15, -0.1) is 0 Å². The number of hydrogen-bond donors (Lipinski definition) is 0. The quantitative estimate of drug-likeness (QED) is 0.799. The number of furan rings is 1. The molecule has 0 radical (unpaired) electrons. The number of amides is 1. The van der Waals surface area contributed by atoms with E-state index in [2.05, 4.69) is 30.0 Å². The van der Waals surface area contributed by atoms with Crippen molar-refractivity contribution in [2.24, 2.45) is 5.92 Å². The Hall–Kier alpha value is -2.01. The Labute approximate surface area is 161 Å². The van der Waals surface area contributed by atoms with Crippen molar-refractivity contribution in [3.8, 4) is 0 Å². The summed E-state index contributed by atoms with van der Waals surface area (Å²) < 4.78 is 10.9. The molecule has 2 aromatic rings. The highest BCUT2D eigenvalue weighted by Crippen LogP contribution is 2.35. The largest absolute Gasteiger partial charge is 0.464 e. The summed E-state index contributed by atoms with van der Waals surface area (Å²) in [7, 11) is 0. The van der Waals surface area contributed by atoms with Crippen LogP contribution in [0.2, 0.25) is 0 Å². The van der Waals surface area contributed by atoms with Gasteiger partial charge in [0.05, 0.1) is 12.9 Å². The fourth-order valence-corrected chi connectivity index (χ4v) is 4.94. The van der Waals surface area contributed by atoms with Gasteiger partial charge in [0.1, 0.15) is 5.58 Å². The fraction of sp³-hybridized carbons (Fsp3) is 0.591. The van der Waals surface area contributed by atoms with E-state index in [1.165, 1.54) is 23.8 Å². The van der Waals surface area contributed by atoms with Gasteiger partial charge >= 0.3 is 6.09 Å². The fourth-order valence-electron chi connectivity index (χ4n) is 4.94. The highest BCUT2D eigenvalue weighted by molar-refractivity contribution is 5.80. The highest BCUT2D eigenvalue weighted by Gasteiger charge is 2.35. The van der Waals surface area contributed by atoms with E-state index in [9.17, 15) is 4.79 Å².